The molecule has 0 aliphatic heterocycles. The molecule has 4 rings (SSSR count). The quantitative estimate of drug-likeness (QED) is 0.492. The van der Waals surface area contributed by atoms with Crippen LogP contribution in [0.3, 0.4) is 0 Å². The summed E-state index contributed by atoms with van der Waals surface area (Å²) in [5.41, 5.74) is 3.31. The molecular weight excluding hydrogens is 392 g/mol. The van der Waals surface area contributed by atoms with Crippen molar-refractivity contribution in [3.05, 3.63) is 95.1 Å². The normalized spacial score (nSPS) is 10.5. The number of ether oxygens (including phenoxy) is 1. The van der Waals surface area contributed by atoms with Gasteiger partial charge in [0.1, 0.15) is 29.7 Å². The van der Waals surface area contributed by atoms with Gasteiger partial charge in [-0.3, -0.25) is 4.79 Å². The Morgan fingerprint density at radius 2 is 1.94 bits per heavy atom. The summed E-state index contributed by atoms with van der Waals surface area (Å²) < 4.78 is 12.9. The molecule has 0 saturated heterocycles. The average Bonchev–Trinajstić information content (AvgIpc) is 3.42. The number of anilines is 1. The Labute approximate surface area is 179 Å². The predicted molar refractivity (Wildman–Crippen MR) is 115 cm³/mol. The third-order valence-electron chi connectivity index (χ3n) is 4.87. The molecule has 0 aliphatic carbocycles. The molecule has 2 heterocycles. The first-order valence-electron chi connectivity index (χ1n) is 9.69. The van der Waals surface area contributed by atoms with Crippen LogP contribution < -0.4 is 10.1 Å². The highest BCUT2D eigenvalue weighted by Gasteiger charge is 2.18. The monoisotopic (exact) mass is 412 g/mol. The van der Waals surface area contributed by atoms with Gasteiger partial charge in [-0.1, -0.05) is 24.3 Å². The number of nitrogens with zero attached hydrogens (tertiary/aromatic N) is 3. The van der Waals surface area contributed by atoms with Crippen molar-refractivity contribution in [2.45, 2.75) is 20.5 Å². The summed E-state index contributed by atoms with van der Waals surface area (Å²) in [5.74, 6) is 1.16. The molecule has 0 bridgehead atoms. The zero-order chi connectivity index (χ0) is 21.8. The van der Waals surface area contributed by atoms with Crippen molar-refractivity contribution in [3.8, 4) is 17.5 Å². The number of amides is 1. The van der Waals surface area contributed by atoms with E-state index in [2.05, 4.69) is 10.4 Å². The first kappa shape index (κ1) is 20.0. The number of nitrogens with one attached hydrogen (secondary N) is 1. The lowest BCUT2D eigenvalue weighted by Gasteiger charge is -2.09. The number of hydrogen-bond donors (Lipinski definition) is 1. The molecule has 0 saturated carbocycles. The van der Waals surface area contributed by atoms with Gasteiger partial charge in [0.2, 0.25) is 0 Å². The van der Waals surface area contributed by atoms with Crippen LogP contribution in [0.1, 0.15) is 33.0 Å². The summed E-state index contributed by atoms with van der Waals surface area (Å²) >= 11 is 0. The van der Waals surface area contributed by atoms with E-state index in [0.717, 1.165) is 17.0 Å². The molecule has 0 radical (unpaired) electrons. The van der Waals surface area contributed by atoms with Gasteiger partial charge in [0, 0.05) is 0 Å². The first-order chi connectivity index (χ1) is 15.0. The summed E-state index contributed by atoms with van der Waals surface area (Å²) in [6.07, 6.45) is 1.41. The Bertz CT molecular complexity index is 1270. The lowest BCUT2D eigenvalue weighted by atomic mass is 10.1. The topological polar surface area (TPSA) is 93.1 Å². The molecule has 0 spiro atoms. The van der Waals surface area contributed by atoms with Gasteiger partial charge in [-0.25, -0.2) is 4.68 Å². The molecule has 154 valence electrons. The number of rotatable bonds is 6. The number of aryl methyl sites for hydroxylation is 2. The third kappa shape index (κ3) is 4.33. The summed E-state index contributed by atoms with van der Waals surface area (Å²) in [7, 11) is 0. The van der Waals surface area contributed by atoms with Gasteiger partial charge in [0.15, 0.2) is 11.6 Å². The van der Waals surface area contributed by atoms with E-state index < -0.39 is 5.91 Å². The second kappa shape index (κ2) is 8.59. The second-order valence-electron chi connectivity index (χ2n) is 7.02. The van der Waals surface area contributed by atoms with Gasteiger partial charge in [-0.05, 0) is 61.4 Å². The molecule has 31 heavy (non-hydrogen) atoms. The molecule has 7 nitrogen and oxygen atoms in total. The van der Waals surface area contributed by atoms with Crippen molar-refractivity contribution >= 4 is 11.7 Å². The van der Waals surface area contributed by atoms with Gasteiger partial charge in [-0.15, -0.1) is 0 Å². The van der Waals surface area contributed by atoms with E-state index in [0.29, 0.717) is 5.76 Å². The fraction of sp³-hybridized carbons (Fsp3) is 0.125. The zero-order valence-electron chi connectivity index (χ0n) is 17.1. The van der Waals surface area contributed by atoms with Crippen LogP contribution in [-0.2, 0) is 6.61 Å². The molecular formula is C24H20N4O3. The number of para-hydroxylation sites is 1. The maximum absolute atomic E-state index is 12.7. The van der Waals surface area contributed by atoms with E-state index in [4.69, 9.17) is 9.15 Å². The average molecular weight is 412 g/mol. The third-order valence-corrected chi connectivity index (χ3v) is 4.87. The number of benzene rings is 2. The summed E-state index contributed by atoms with van der Waals surface area (Å²) in [6, 6.07) is 20.4. The minimum Gasteiger partial charge on any atom is -0.486 e. The molecule has 0 atom stereocenters. The number of carbonyl (C=O) groups excluding carboxylic acids is 1. The molecule has 0 aliphatic rings. The Hall–Kier alpha value is -4.31. The molecule has 4 aromatic rings. The molecule has 2 aromatic carbocycles. The highest BCUT2D eigenvalue weighted by Crippen LogP contribution is 2.22. The lowest BCUT2D eigenvalue weighted by molar-refractivity contribution is 0.0992. The molecule has 7 heteroatoms. The number of aromatic nitrogens is 2. The van der Waals surface area contributed by atoms with Gasteiger partial charge in [0.25, 0.3) is 5.91 Å². The van der Waals surface area contributed by atoms with Crippen molar-refractivity contribution in [1.29, 1.82) is 5.26 Å². The minimum absolute atomic E-state index is 0.114. The van der Waals surface area contributed by atoms with Gasteiger partial charge < -0.3 is 14.5 Å². The minimum atomic E-state index is -0.480. The number of furan rings is 1. The zero-order valence-corrected chi connectivity index (χ0v) is 17.1. The van der Waals surface area contributed by atoms with E-state index >= 15 is 0 Å². The Balaban J connectivity index is 1.48. The van der Waals surface area contributed by atoms with Crippen LogP contribution in [0.25, 0.3) is 5.69 Å². The highest BCUT2D eigenvalue weighted by molar-refractivity contribution is 6.02. The second-order valence-corrected chi connectivity index (χ2v) is 7.02. The van der Waals surface area contributed by atoms with Crippen molar-refractivity contribution < 1.29 is 13.9 Å². The molecule has 1 N–H and O–H groups in total. The van der Waals surface area contributed by atoms with Crippen molar-refractivity contribution in [2.75, 3.05) is 5.32 Å². The van der Waals surface area contributed by atoms with Crippen LogP contribution in [0, 0.1) is 25.2 Å². The number of carbonyl (C=O) groups is 1. The van der Waals surface area contributed by atoms with Crippen LogP contribution in [0.4, 0.5) is 5.82 Å². The van der Waals surface area contributed by atoms with Crippen molar-refractivity contribution in [1.82, 2.24) is 9.78 Å². The maximum Gasteiger partial charge on any atom is 0.292 e. The van der Waals surface area contributed by atoms with Crippen LogP contribution in [0.2, 0.25) is 0 Å². The van der Waals surface area contributed by atoms with Gasteiger partial charge in [-0.2, -0.15) is 10.4 Å². The fourth-order valence-electron chi connectivity index (χ4n) is 3.02. The lowest BCUT2D eigenvalue weighted by Crippen LogP contribution is -2.15. The Kier molecular flexibility index (Phi) is 5.54. The van der Waals surface area contributed by atoms with E-state index in [1.807, 2.05) is 68.4 Å². The smallest absolute Gasteiger partial charge is 0.292 e. The summed E-state index contributed by atoms with van der Waals surface area (Å²) in [5, 5.41) is 16.3. The van der Waals surface area contributed by atoms with Crippen LogP contribution in [0.15, 0.2) is 71.3 Å². The first-order valence-corrected chi connectivity index (χ1v) is 9.69. The van der Waals surface area contributed by atoms with Crippen molar-refractivity contribution in [3.63, 3.8) is 0 Å². The highest BCUT2D eigenvalue weighted by atomic mass is 16.5. The van der Waals surface area contributed by atoms with E-state index in [-0.39, 0.29) is 23.7 Å². The maximum atomic E-state index is 12.7. The van der Waals surface area contributed by atoms with Crippen LogP contribution in [-0.4, -0.2) is 15.7 Å². The van der Waals surface area contributed by atoms with Crippen LogP contribution >= 0.6 is 0 Å². The Morgan fingerprint density at radius 3 is 2.68 bits per heavy atom. The van der Waals surface area contributed by atoms with Gasteiger partial charge >= 0.3 is 0 Å². The van der Waals surface area contributed by atoms with Crippen molar-refractivity contribution in [2.24, 2.45) is 0 Å². The summed E-state index contributed by atoms with van der Waals surface area (Å²) in [4.78, 5) is 12.7. The van der Waals surface area contributed by atoms with E-state index in [1.165, 1.54) is 16.4 Å². The number of hydrogen-bond acceptors (Lipinski definition) is 5. The fourth-order valence-corrected chi connectivity index (χ4v) is 3.02. The largest absolute Gasteiger partial charge is 0.486 e. The molecule has 1 amide bonds. The molecule has 0 unspecified atom stereocenters. The van der Waals surface area contributed by atoms with E-state index in [9.17, 15) is 10.1 Å². The predicted octanol–water partition coefficient (Wildman–Crippen LogP) is 4.79. The van der Waals surface area contributed by atoms with Gasteiger partial charge in [0.05, 0.1) is 11.9 Å². The Morgan fingerprint density at radius 1 is 1.13 bits per heavy atom. The number of nitriles is 1. The van der Waals surface area contributed by atoms with Crippen LogP contribution in [0.5, 0.6) is 5.75 Å². The SMILES string of the molecule is Cc1ccc(OCc2ccc(C(=O)Nc3c(C#N)cnn3-c3ccccc3)o2)cc1C. The molecule has 2 aromatic heterocycles. The van der Waals surface area contributed by atoms with E-state index in [1.54, 1.807) is 12.1 Å². The summed E-state index contributed by atoms with van der Waals surface area (Å²) in [6.45, 7) is 4.26. The standard InChI is InChI=1S/C24H20N4O3/c1-16-8-9-20(12-17(16)2)30-15-21-10-11-22(31-21)24(29)27-23-18(13-25)14-26-28(23)19-6-4-3-5-7-19/h3-12,14H,15H2,1-2H3,(H,27,29). The molecule has 0 fully saturated rings.